The average Bonchev–Trinajstić information content (AvgIpc) is 2.34. The second-order valence-electron chi connectivity index (χ2n) is 2.09. The molecule has 0 aliphatic rings. The molecule has 1 aromatic heterocycles. The fourth-order valence-corrected chi connectivity index (χ4v) is 0.548. The second-order valence-corrected chi connectivity index (χ2v) is 2.09. The van der Waals surface area contributed by atoms with Crippen molar-refractivity contribution in [3.8, 4) is 5.95 Å². The van der Waals surface area contributed by atoms with Crippen molar-refractivity contribution < 1.29 is 14.3 Å². The fraction of sp³-hybridized carbons (Fsp3) is 0.429. The zero-order valence-corrected chi connectivity index (χ0v) is 5.78. The topological polar surface area (TPSA) is 42.6 Å². The second kappa shape index (κ2) is 3.27. The Hall–Kier alpha value is -0.960. The van der Waals surface area contributed by atoms with Crippen LogP contribution in [0.15, 0.2) is 22.8 Å². The van der Waals surface area contributed by atoms with Crippen LogP contribution >= 0.6 is 0 Å². The van der Waals surface area contributed by atoms with Gasteiger partial charge < -0.3 is 14.3 Å². The van der Waals surface area contributed by atoms with Gasteiger partial charge >= 0.3 is 0 Å². The van der Waals surface area contributed by atoms with Gasteiger partial charge in [0.1, 0.15) is 6.61 Å². The molecule has 0 amide bonds. The van der Waals surface area contributed by atoms with Crippen molar-refractivity contribution in [2.75, 3.05) is 6.61 Å². The third-order valence-corrected chi connectivity index (χ3v) is 0.962. The van der Waals surface area contributed by atoms with Crippen LogP contribution in [0.4, 0.5) is 0 Å². The van der Waals surface area contributed by atoms with E-state index in [2.05, 4.69) is 0 Å². The molecule has 0 saturated heterocycles. The molecule has 1 aromatic rings. The van der Waals surface area contributed by atoms with Gasteiger partial charge in [0.15, 0.2) is 0 Å². The highest BCUT2D eigenvalue weighted by molar-refractivity contribution is 5.03. The molecule has 1 atom stereocenters. The van der Waals surface area contributed by atoms with Crippen molar-refractivity contribution in [2.45, 2.75) is 13.0 Å². The maximum Gasteiger partial charge on any atom is 0.284 e. The third-order valence-electron chi connectivity index (χ3n) is 0.962. The molecule has 0 saturated carbocycles. The predicted molar refractivity (Wildman–Crippen MR) is 35.9 cm³/mol. The third kappa shape index (κ3) is 2.11. The van der Waals surface area contributed by atoms with Gasteiger partial charge in [-0.3, -0.25) is 0 Å². The highest BCUT2D eigenvalue weighted by Gasteiger charge is 1.98. The Balaban J connectivity index is 2.28. The summed E-state index contributed by atoms with van der Waals surface area (Å²) in [7, 11) is 0. The van der Waals surface area contributed by atoms with Crippen LogP contribution in [0.1, 0.15) is 6.92 Å². The Morgan fingerprint density at radius 2 is 2.60 bits per heavy atom. The summed E-state index contributed by atoms with van der Waals surface area (Å²) in [4.78, 5) is 0. The fourth-order valence-electron chi connectivity index (χ4n) is 0.548. The molecule has 0 fully saturated rings. The van der Waals surface area contributed by atoms with Crippen molar-refractivity contribution >= 4 is 0 Å². The molecule has 0 spiro atoms. The lowest BCUT2D eigenvalue weighted by molar-refractivity contribution is 0.106. The molecule has 1 heterocycles. The monoisotopic (exact) mass is 142 g/mol. The van der Waals surface area contributed by atoms with Gasteiger partial charge in [-0.25, -0.2) is 0 Å². The molecule has 1 N–H and O–H groups in total. The van der Waals surface area contributed by atoms with Gasteiger partial charge in [0.25, 0.3) is 5.95 Å². The Kier molecular flexibility index (Phi) is 2.34. The Morgan fingerprint density at radius 3 is 3.10 bits per heavy atom. The van der Waals surface area contributed by atoms with Crippen molar-refractivity contribution in [2.24, 2.45) is 0 Å². The molecule has 10 heavy (non-hydrogen) atoms. The van der Waals surface area contributed by atoms with Crippen LogP contribution in [0.3, 0.4) is 0 Å². The first-order valence-electron chi connectivity index (χ1n) is 3.13. The van der Waals surface area contributed by atoms with E-state index >= 15 is 0 Å². The lowest BCUT2D eigenvalue weighted by Crippen LogP contribution is -2.12. The molecule has 3 heteroatoms. The normalized spacial score (nSPS) is 13.0. The molecule has 1 rings (SSSR count). The van der Waals surface area contributed by atoms with E-state index in [1.807, 2.05) is 0 Å². The first kappa shape index (κ1) is 7.15. The number of hydrogen-bond acceptors (Lipinski definition) is 3. The van der Waals surface area contributed by atoms with Crippen LogP contribution in [-0.2, 0) is 0 Å². The molecular formula is C7H10O3. The summed E-state index contributed by atoms with van der Waals surface area (Å²) in [6, 6.07) is 3.43. The number of aliphatic hydroxyl groups excluding tert-OH is 1. The van der Waals surface area contributed by atoms with Gasteiger partial charge in [0.05, 0.1) is 12.4 Å². The minimum absolute atomic E-state index is 0.271. The Morgan fingerprint density at radius 1 is 1.80 bits per heavy atom. The van der Waals surface area contributed by atoms with Crippen molar-refractivity contribution in [1.29, 1.82) is 0 Å². The van der Waals surface area contributed by atoms with Crippen molar-refractivity contribution in [3.63, 3.8) is 0 Å². The van der Waals surface area contributed by atoms with Crippen LogP contribution in [0.5, 0.6) is 5.95 Å². The number of rotatable bonds is 3. The van der Waals surface area contributed by atoms with Crippen LogP contribution in [0.2, 0.25) is 0 Å². The molecule has 0 aromatic carbocycles. The number of hydrogen-bond donors (Lipinski definition) is 1. The molecular weight excluding hydrogens is 132 g/mol. The predicted octanol–water partition coefficient (Wildman–Crippen LogP) is 1.04. The molecule has 0 bridgehead atoms. The van der Waals surface area contributed by atoms with Crippen LogP contribution in [0, 0.1) is 0 Å². The van der Waals surface area contributed by atoms with Crippen LogP contribution in [-0.4, -0.2) is 17.8 Å². The quantitative estimate of drug-likeness (QED) is 0.685. The van der Waals surface area contributed by atoms with Crippen LogP contribution in [0.25, 0.3) is 0 Å². The zero-order chi connectivity index (χ0) is 7.40. The van der Waals surface area contributed by atoms with Gasteiger partial charge in [-0.2, -0.15) is 0 Å². The molecule has 1 unspecified atom stereocenters. The molecule has 56 valence electrons. The maximum absolute atomic E-state index is 8.78. The van der Waals surface area contributed by atoms with Gasteiger partial charge in [-0.1, -0.05) is 0 Å². The minimum atomic E-state index is -0.454. The molecule has 3 nitrogen and oxygen atoms in total. The number of aliphatic hydroxyl groups is 1. The smallest absolute Gasteiger partial charge is 0.284 e. The summed E-state index contributed by atoms with van der Waals surface area (Å²) in [5, 5.41) is 8.78. The van der Waals surface area contributed by atoms with E-state index in [-0.39, 0.29) is 6.61 Å². The van der Waals surface area contributed by atoms with E-state index in [0.29, 0.717) is 5.95 Å². The lowest BCUT2D eigenvalue weighted by Gasteiger charge is -2.03. The number of furan rings is 1. The highest BCUT2D eigenvalue weighted by Crippen LogP contribution is 2.09. The standard InChI is InChI=1S/C7H10O3/c1-6(8)5-10-7-3-2-4-9-7/h2-4,6,8H,5H2,1H3. The van der Waals surface area contributed by atoms with Gasteiger partial charge in [0.2, 0.25) is 0 Å². The van der Waals surface area contributed by atoms with Crippen LogP contribution < -0.4 is 4.74 Å². The van der Waals surface area contributed by atoms with E-state index in [1.54, 1.807) is 19.1 Å². The Labute approximate surface area is 59.2 Å². The average molecular weight is 142 g/mol. The summed E-state index contributed by atoms with van der Waals surface area (Å²) in [5.74, 6) is 0.445. The maximum atomic E-state index is 8.78. The zero-order valence-electron chi connectivity index (χ0n) is 5.78. The molecule has 0 aliphatic carbocycles. The number of ether oxygens (including phenoxy) is 1. The van der Waals surface area contributed by atoms with E-state index in [9.17, 15) is 0 Å². The van der Waals surface area contributed by atoms with E-state index < -0.39 is 6.10 Å². The SMILES string of the molecule is CC(O)COc1ccco1. The first-order valence-corrected chi connectivity index (χ1v) is 3.13. The summed E-state index contributed by atoms with van der Waals surface area (Å²) in [6.45, 7) is 1.93. The summed E-state index contributed by atoms with van der Waals surface area (Å²) in [6.07, 6.45) is 1.07. The van der Waals surface area contributed by atoms with Gasteiger partial charge in [-0.05, 0) is 13.0 Å². The summed E-state index contributed by atoms with van der Waals surface area (Å²) in [5.41, 5.74) is 0. The summed E-state index contributed by atoms with van der Waals surface area (Å²) < 4.78 is 9.84. The van der Waals surface area contributed by atoms with Crippen molar-refractivity contribution in [3.05, 3.63) is 18.4 Å². The largest absolute Gasteiger partial charge is 0.462 e. The van der Waals surface area contributed by atoms with E-state index in [1.165, 1.54) is 6.26 Å². The summed E-state index contributed by atoms with van der Waals surface area (Å²) >= 11 is 0. The first-order chi connectivity index (χ1) is 4.79. The molecule has 0 radical (unpaired) electrons. The van der Waals surface area contributed by atoms with E-state index in [0.717, 1.165) is 0 Å². The Bertz CT molecular complexity index is 167. The van der Waals surface area contributed by atoms with Crippen molar-refractivity contribution in [1.82, 2.24) is 0 Å². The van der Waals surface area contributed by atoms with Gasteiger partial charge in [0, 0.05) is 6.07 Å². The minimum Gasteiger partial charge on any atom is -0.462 e. The van der Waals surface area contributed by atoms with Gasteiger partial charge in [-0.15, -0.1) is 0 Å². The highest BCUT2D eigenvalue weighted by atomic mass is 16.6. The lowest BCUT2D eigenvalue weighted by atomic mass is 10.4. The van der Waals surface area contributed by atoms with E-state index in [4.69, 9.17) is 14.3 Å². The molecule has 0 aliphatic heterocycles.